The first-order chi connectivity index (χ1) is 35.6. The number of likely N-dealkylation sites (tertiary alicyclic amines) is 1. The molecule has 1 fully saturated rings. The van der Waals surface area contributed by atoms with Crippen molar-refractivity contribution in [2.45, 2.75) is 174 Å². The molecule has 8 N–H and O–H groups in total. The molecule has 1 saturated heterocycles. The highest BCUT2D eigenvalue weighted by atomic mass is 16.4. The summed E-state index contributed by atoms with van der Waals surface area (Å²) in [5.74, 6) is -7.23. The van der Waals surface area contributed by atoms with E-state index in [0.717, 1.165) is 35.5 Å². The molecule has 1 aliphatic heterocycles. The molecule has 1 aliphatic rings. The lowest BCUT2D eigenvalue weighted by molar-refractivity contribution is -0.148. The van der Waals surface area contributed by atoms with Crippen LogP contribution in [0.25, 0.3) is 11.1 Å². The number of nitrogens with one attached hydrogen (secondary N) is 4. The number of ketones is 1. The van der Waals surface area contributed by atoms with Crippen LogP contribution in [-0.4, -0.2) is 153 Å². The molecule has 0 radical (unpaired) electrons. The third-order valence-corrected chi connectivity index (χ3v) is 13.9. The van der Waals surface area contributed by atoms with Gasteiger partial charge in [-0.05, 0) is 81.8 Å². The molecule has 1 heterocycles. The number of unbranched alkanes of at least 4 members (excludes halogenated alkanes) is 12. The van der Waals surface area contributed by atoms with Gasteiger partial charge in [0.05, 0.1) is 25.7 Å². The second-order valence-electron chi connectivity index (χ2n) is 19.9. The van der Waals surface area contributed by atoms with Crippen LogP contribution < -0.4 is 21.3 Å². The quantitative estimate of drug-likeness (QED) is 0.0453. The fourth-order valence-electron chi connectivity index (χ4n) is 9.00. The minimum absolute atomic E-state index is 0.0393. The van der Waals surface area contributed by atoms with Gasteiger partial charge in [-0.15, -0.1) is 0 Å². The fraction of sp³-hybridized carbons (Fsp3) is 0.618. The van der Waals surface area contributed by atoms with Gasteiger partial charge in [0.25, 0.3) is 0 Å². The smallest absolute Gasteiger partial charge is 0.326 e. The van der Waals surface area contributed by atoms with Crippen LogP contribution in [0.5, 0.6) is 11.5 Å². The van der Waals surface area contributed by atoms with Gasteiger partial charge in [-0.1, -0.05) is 103 Å². The summed E-state index contributed by atoms with van der Waals surface area (Å²) in [7, 11) is 2.71. The van der Waals surface area contributed by atoms with E-state index < -0.39 is 90.7 Å². The van der Waals surface area contributed by atoms with Crippen LogP contribution in [0.2, 0.25) is 0 Å². The number of carbonyl (C=O) groups excluding carboxylic acids is 8. The lowest BCUT2D eigenvalue weighted by Gasteiger charge is -2.29. The molecule has 7 amide bonds. The molecular formula is C55H83N7O13. The Morgan fingerprint density at radius 2 is 1.21 bits per heavy atom. The number of rotatable bonds is 33. The van der Waals surface area contributed by atoms with Crippen LogP contribution in [0.4, 0.5) is 0 Å². The minimum atomic E-state index is -1.46. The molecule has 2 aromatic rings. The Hall–Kier alpha value is -6.57. The maximum Gasteiger partial charge on any atom is 0.326 e. The number of carbonyl (C=O) groups is 9. The molecule has 75 heavy (non-hydrogen) atoms. The van der Waals surface area contributed by atoms with Gasteiger partial charge in [0.1, 0.15) is 35.7 Å². The molecule has 0 bridgehead atoms. The maximum absolute atomic E-state index is 14.0. The SMILES string of the molecule is CCCCCCCCCCCCCCCC(=O)N(C)[C@H](CO)C(=O)N[C@H](C)C(=O)NCC(=O)N(C)[C@H](C(=O)N[C@@H](C)C(C)=O)c1ccc(O)c(-c2cc(C[C@H](C)C(=O)NCC(=O)N3CCC[C@@H]3C(=O)O)ccc2O)c1. The number of hydrogen-bond donors (Lipinski definition) is 8. The van der Waals surface area contributed by atoms with Gasteiger partial charge in [-0.2, -0.15) is 0 Å². The van der Waals surface area contributed by atoms with E-state index in [2.05, 4.69) is 28.2 Å². The summed E-state index contributed by atoms with van der Waals surface area (Å²) in [5.41, 5.74) is 0.813. The lowest BCUT2D eigenvalue weighted by Crippen LogP contribution is -2.55. The molecule has 20 heteroatoms. The third kappa shape index (κ3) is 19.9. The monoisotopic (exact) mass is 1050 g/mol. The number of Topliss-reactive ketones (excluding diaryl/α,β-unsaturated/α-hetero) is 1. The largest absolute Gasteiger partial charge is 0.507 e. The summed E-state index contributed by atoms with van der Waals surface area (Å²) in [4.78, 5) is 120. The van der Waals surface area contributed by atoms with E-state index in [9.17, 15) is 63.6 Å². The number of phenols is 2. The van der Waals surface area contributed by atoms with E-state index in [1.54, 1.807) is 13.0 Å². The van der Waals surface area contributed by atoms with Crippen LogP contribution in [0.15, 0.2) is 36.4 Å². The number of carboxylic acids is 1. The highest BCUT2D eigenvalue weighted by Crippen LogP contribution is 2.39. The predicted octanol–water partition coefficient (Wildman–Crippen LogP) is 4.65. The average molecular weight is 1050 g/mol. The summed E-state index contributed by atoms with van der Waals surface area (Å²) in [6.07, 6.45) is 16.2. The number of carboxylic acid groups (broad SMARTS) is 1. The number of aliphatic hydroxyl groups excluding tert-OH is 1. The maximum atomic E-state index is 14.0. The van der Waals surface area contributed by atoms with Gasteiger partial charge >= 0.3 is 5.97 Å². The first kappa shape index (κ1) is 62.7. The van der Waals surface area contributed by atoms with E-state index in [1.165, 1.54) is 121 Å². The Balaban J connectivity index is 1.64. The molecular weight excluding hydrogens is 967 g/mol. The van der Waals surface area contributed by atoms with Crippen molar-refractivity contribution in [3.8, 4) is 22.6 Å². The lowest BCUT2D eigenvalue weighted by atomic mass is 9.93. The topological polar surface area (TPSA) is 292 Å². The van der Waals surface area contributed by atoms with Crippen molar-refractivity contribution in [1.82, 2.24) is 36.0 Å². The van der Waals surface area contributed by atoms with Gasteiger partial charge in [0.2, 0.25) is 41.4 Å². The van der Waals surface area contributed by atoms with Crippen molar-refractivity contribution in [3.63, 3.8) is 0 Å². The van der Waals surface area contributed by atoms with Crippen molar-refractivity contribution >= 4 is 53.1 Å². The summed E-state index contributed by atoms with van der Waals surface area (Å²) in [6.45, 7) is 6.47. The third-order valence-electron chi connectivity index (χ3n) is 13.9. The van der Waals surface area contributed by atoms with E-state index in [-0.39, 0.29) is 65.8 Å². The van der Waals surface area contributed by atoms with Crippen molar-refractivity contribution in [1.29, 1.82) is 0 Å². The van der Waals surface area contributed by atoms with Crippen LogP contribution in [0.3, 0.4) is 0 Å². The average Bonchev–Trinajstić information content (AvgIpc) is 3.88. The number of likely N-dealkylation sites (N-methyl/N-ethyl adjacent to an activating group) is 2. The summed E-state index contributed by atoms with van der Waals surface area (Å²) >= 11 is 0. The predicted molar refractivity (Wildman–Crippen MR) is 282 cm³/mol. The van der Waals surface area contributed by atoms with Crippen LogP contribution in [0.1, 0.15) is 155 Å². The Bertz CT molecular complexity index is 2270. The zero-order valence-corrected chi connectivity index (χ0v) is 45.1. The number of aliphatic carboxylic acids is 1. The molecule has 0 spiro atoms. The molecule has 0 saturated carbocycles. The molecule has 20 nitrogen and oxygen atoms in total. The van der Waals surface area contributed by atoms with Crippen LogP contribution in [-0.2, 0) is 49.6 Å². The van der Waals surface area contributed by atoms with Gasteiger partial charge in [-0.25, -0.2) is 4.79 Å². The van der Waals surface area contributed by atoms with Crippen molar-refractivity contribution in [2.75, 3.05) is 40.3 Å². The summed E-state index contributed by atoms with van der Waals surface area (Å²) < 4.78 is 0. The number of hydrogen-bond acceptors (Lipinski definition) is 12. The fourth-order valence-corrected chi connectivity index (χ4v) is 9.00. The Labute approximate surface area is 441 Å². The van der Waals surface area contributed by atoms with E-state index >= 15 is 0 Å². The summed E-state index contributed by atoms with van der Waals surface area (Å²) in [6, 6.07) is 2.58. The zero-order chi connectivity index (χ0) is 55.8. The highest BCUT2D eigenvalue weighted by molar-refractivity contribution is 5.96. The van der Waals surface area contributed by atoms with Gasteiger partial charge in [0, 0.05) is 44.1 Å². The highest BCUT2D eigenvalue weighted by Gasteiger charge is 2.35. The van der Waals surface area contributed by atoms with E-state index in [1.807, 2.05) is 0 Å². The number of amides is 7. The van der Waals surface area contributed by atoms with Gasteiger partial charge in [0.15, 0.2) is 5.78 Å². The number of aliphatic hydroxyl groups is 1. The van der Waals surface area contributed by atoms with Gasteiger partial charge < -0.3 is 56.4 Å². The standard InChI is InChI=1S/C55H83N7O13/c1-8-9-10-11-12-13-14-15-16-17-18-19-20-23-47(67)60(6)44(34-63)53(72)59-37(4)52(71)57-32-48(68)61(7)50(54(73)58-36(3)38(5)64)40-25-27-46(66)42(31-40)41-30-39(24-26-45(41)65)29-35(2)51(70)56-33-49(69)62-28-21-22-43(62)55(74)75/h24-27,30-31,35-37,43-44,50,63,65-66H,8-23,28-29,32-34H2,1-7H3,(H,56,70)(H,57,71)(H,58,73)(H,59,72)(H,74,75)/t35-,36-,37+,43+,44+,50-/m0/s1. The number of benzene rings is 2. The first-order valence-corrected chi connectivity index (χ1v) is 26.6. The first-order valence-electron chi connectivity index (χ1n) is 26.6. The zero-order valence-electron chi connectivity index (χ0n) is 45.1. The molecule has 0 aromatic heterocycles. The van der Waals surface area contributed by atoms with Gasteiger partial charge in [-0.3, -0.25) is 38.4 Å². The minimum Gasteiger partial charge on any atom is -0.507 e. The normalized spacial score (nSPS) is 15.1. The van der Waals surface area contributed by atoms with E-state index in [4.69, 9.17) is 0 Å². The Morgan fingerprint density at radius 3 is 1.79 bits per heavy atom. The van der Waals surface area contributed by atoms with Crippen LogP contribution >= 0.6 is 0 Å². The summed E-state index contributed by atoms with van der Waals surface area (Å²) in [5, 5.41) is 51.8. The Morgan fingerprint density at radius 1 is 0.667 bits per heavy atom. The number of phenolic OH excluding ortho intramolecular Hbond substituents is 2. The van der Waals surface area contributed by atoms with Crippen molar-refractivity contribution < 1.29 is 63.6 Å². The molecule has 6 atom stereocenters. The van der Waals surface area contributed by atoms with Crippen LogP contribution in [0, 0.1) is 5.92 Å². The van der Waals surface area contributed by atoms with Crippen molar-refractivity contribution in [3.05, 3.63) is 47.5 Å². The second-order valence-corrected chi connectivity index (χ2v) is 19.9. The molecule has 0 unspecified atom stereocenters. The molecule has 416 valence electrons. The number of nitrogens with zero attached hydrogens (tertiary/aromatic N) is 3. The number of aromatic hydroxyl groups is 2. The molecule has 0 aliphatic carbocycles. The second kappa shape index (κ2) is 32.0. The Kier molecular flexibility index (Phi) is 26.8. The molecule has 3 rings (SSSR count). The molecule has 2 aromatic carbocycles. The van der Waals surface area contributed by atoms with Crippen molar-refractivity contribution in [2.24, 2.45) is 5.92 Å². The van der Waals surface area contributed by atoms with E-state index in [0.29, 0.717) is 24.8 Å².